The molecule has 0 N–H and O–H groups in total. The standard InChI is InChI=1S/C13H19N3O3/c1-15-11(2-5-14-15)8-19-9-12(17)16-6-7-18-10-13(16)3-4-13/h2,5H,3-4,6-10H2,1H3. The monoisotopic (exact) mass is 265 g/mol. The van der Waals surface area contributed by atoms with Crippen molar-refractivity contribution in [2.75, 3.05) is 26.4 Å². The van der Waals surface area contributed by atoms with E-state index in [0.29, 0.717) is 26.4 Å². The van der Waals surface area contributed by atoms with Gasteiger partial charge in [-0.25, -0.2) is 0 Å². The number of hydrogen-bond donors (Lipinski definition) is 0. The van der Waals surface area contributed by atoms with E-state index in [1.165, 1.54) is 0 Å². The van der Waals surface area contributed by atoms with E-state index in [9.17, 15) is 4.79 Å². The molecule has 0 aromatic carbocycles. The number of nitrogens with zero attached hydrogens (tertiary/aromatic N) is 3. The molecule has 3 rings (SSSR count). The van der Waals surface area contributed by atoms with Crippen molar-refractivity contribution in [3.05, 3.63) is 18.0 Å². The van der Waals surface area contributed by atoms with Crippen LogP contribution in [-0.2, 0) is 27.9 Å². The van der Waals surface area contributed by atoms with E-state index in [0.717, 1.165) is 18.5 Å². The van der Waals surface area contributed by atoms with Crippen LogP contribution in [0.5, 0.6) is 0 Å². The number of aromatic nitrogens is 2. The first kappa shape index (κ1) is 12.6. The second-order valence-electron chi connectivity index (χ2n) is 5.26. The van der Waals surface area contributed by atoms with E-state index in [1.54, 1.807) is 10.9 Å². The van der Waals surface area contributed by atoms with E-state index in [4.69, 9.17) is 9.47 Å². The van der Waals surface area contributed by atoms with Crippen LogP contribution in [0, 0.1) is 0 Å². The summed E-state index contributed by atoms with van der Waals surface area (Å²) in [4.78, 5) is 14.1. The number of hydrogen-bond acceptors (Lipinski definition) is 4. The van der Waals surface area contributed by atoms with E-state index < -0.39 is 0 Å². The van der Waals surface area contributed by atoms with Crippen molar-refractivity contribution in [1.82, 2.24) is 14.7 Å². The largest absolute Gasteiger partial charge is 0.377 e. The van der Waals surface area contributed by atoms with E-state index >= 15 is 0 Å². The minimum absolute atomic E-state index is 0.00871. The second-order valence-corrected chi connectivity index (χ2v) is 5.26. The van der Waals surface area contributed by atoms with Gasteiger partial charge in [-0.3, -0.25) is 9.48 Å². The molecule has 6 nitrogen and oxygen atoms in total. The predicted molar refractivity (Wildman–Crippen MR) is 67.4 cm³/mol. The molecule has 2 heterocycles. The van der Waals surface area contributed by atoms with Crippen LogP contribution in [0.2, 0.25) is 0 Å². The lowest BCUT2D eigenvalue weighted by Gasteiger charge is -2.36. The number of amides is 1. The molecule has 1 saturated carbocycles. The third-order valence-electron chi connectivity index (χ3n) is 3.93. The van der Waals surface area contributed by atoms with Crippen molar-refractivity contribution in [1.29, 1.82) is 0 Å². The van der Waals surface area contributed by atoms with E-state index in [-0.39, 0.29) is 18.1 Å². The van der Waals surface area contributed by atoms with Crippen molar-refractivity contribution in [3.8, 4) is 0 Å². The number of ether oxygens (including phenoxy) is 2. The van der Waals surface area contributed by atoms with Crippen LogP contribution in [-0.4, -0.2) is 52.5 Å². The van der Waals surface area contributed by atoms with E-state index in [1.807, 2.05) is 18.0 Å². The molecular weight excluding hydrogens is 246 g/mol. The summed E-state index contributed by atoms with van der Waals surface area (Å²) in [5, 5.41) is 4.06. The molecule has 2 fully saturated rings. The number of carbonyl (C=O) groups is 1. The molecule has 1 aromatic rings. The lowest BCUT2D eigenvalue weighted by Crippen LogP contribution is -2.51. The Bertz CT molecular complexity index is 467. The van der Waals surface area contributed by atoms with Crippen LogP contribution < -0.4 is 0 Å². The quantitative estimate of drug-likeness (QED) is 0.787. The average Bonchev–Trinajstić information content (AvgIpc) is 3.05. The van der Waals surface area contributed by atoms with Gasteiger partial charge >= 0.3 is 0 Å². The van der Waals surface area contributed by atoms with Crippen LogP contribution in [0.3, 0.4) is 0 Å². The van der Waals surface area contributed by atoms with Crippen molar-refractivity contribution >= 4 is 5.91 Å². The number of carbonyl (C=O) groups excluding carboxylic acids is 1. The van der Waals surface area contributed by atoms with Crippen LogP contribution in [0.4, 0.5) is 0 Å². The van der Waals surface area contributed by atoms with Gasteiger partial charge in [0.2, 0.25) is 5.91 Å². The highest BCUT2D eigenvalue weighted by Crippen LogP contribution is 2.43. The summed E-state index contributed by atoms with van der Waals surface area (Å²) in [6, 6.07) is 1.89. The smallest absolute Gasteiger partial charge is 0.249 e. The third kappa shape index (κ3) is 2.50. The molecule has 0 bridgehead atoms. The Morgan fingerprint density at radius 3 is 3.11 bits per heavy atom. The van der Waals surface area contributed by atoms with Gasteiger partial charge < -0.3 is 14.4 Å². The van der Waals surface area contributed by atoms with Crippen molar-refractivity contribution in [2.45, 2.75) is 25.0 Å². The SMILES string of the molecule is Cn1nccc1COCC(=O)N1CCOCC12CC2. The maximum Gasteiger partial charge on any atom is 0.249 e. The van der Waals surface area contributed by atoms with Gasteiger partial charge in [-0.1, -0.05) is 0 Å². The maximum atomic E-state index is 12.2. The summed E-state index contributed by atoms with van der Waals surface area (Å²) in [6.45, 7) is 2.55. The topological polar surface area (TPSA) is 56.6 Å². The highest BCUT2D eigenvalue weighted by Gasteiger charge is 2.51. The fourth-order valence-corrected chi connectivity index (χ4v) is 2.54. The summed E-state index contributed by atoms with van der Waals surface area (Å²) in [7, 11) is 1.86. The zero-order chi connectivity index (χ0) is 13.3. The number of rotatable bonds is 4. The van der Waals surface area contributed by atoms with Crippen LogP contribution >= 0.6 is 0 Å². The number of morpholine rings is 1. The lowest BCUT2D eigenvalue weighted by molar-refractivity contribution is -0.147. The third-order valence-corrected chi connectivity index (χ3v) is 3.93. The highest BCUT2D eigenvalue weighted by molar-refractivity contribution is 5.79. The molecule has 0 radical (unpaired) electrons. The van der Waals surface area contributed by atoms with Gasteiger partial charge in [-0.05, 0) is 18.9 Å². The van der Waals surface area contributed by atoms with Gasteiger partial charge in [-0.15, -0.1) is 0 Å². The van der Waals surface area contributed by atoms with Crippen molar-refractivity contribution < 1.29 is 14.3 Å². The molecule has 0 unspecified atom stereocenters. The first-order valence-electron chi connectivity index (χ1n) is 6.64. The van der Waals surface area contributed by atoms with Crippen molar-refractivity contribution in [2.24, 2.45) is 7.05 Å². The molecule has 19 heavy (non-hydrogen) atoms. The summed E-state index contributed by atoms with van der Waals surface area (Å²) in [5.74, 6) is 0.0722. The summed E-state index contributed by atoms with van der Waals surface area (Å²) < 4.78 is 12.7. The average molecular weight is 265 g/mol. The zero-order valence-corrected chi connectivity index (χ0v) is 11.2. The van der Waals surface area contributed by atoms with Gasteiger partial charge in [-0.2, -0.15) is 5.10 Å². The fraction of sp³-hybridized carbons (Fsp3) is 0.692. The second kappa shape index (κ2) is 4.94. The minimum atomic E-state index is -0.00871. The molecule has 6 heteroatoms. The number of aryl methyl sites for hydroxylation is 1. The van der Waals surface area contributed by atoms with Gasteiger partial charge in [0.15, 0.2) is 0 Å². The fourth-order valence-electron chi connectivity index (χ4n) is 2.54. The lowest BCUT2D eigenvalue weighted by atomic mass is 10.2. The maximum absolute atomic E-state index is 12.2. The Labute approximate surface area is 112 Å². The highest BCUT2D eigenvalue weighted by atomic mass is 16.5. The van der Waals surface area contributed by atoms with Gasteiger partial charge in [0.25, 0.3) is 0 Å². The Morgan fingerprint density at radius 2 is 2.42 bits per heavy atom. The van der Waals surface area contributed by atoms with Gasteiger partial charge in [0.1, 0.15) is 6.61 Å². The molecule has 1 aliphatic carbocycles. The molecule has 1 aromatic heterocycles. The van der Waals surface area contributed by atoms with Crippen LogP contribution in [0.1, 0.15) is 18.5 Å². The molecule has 104 valence electrons. The minimum Gasteiger partial charge on any atom is -0.377 e. The Hall–Kier alpha value is -1.40. The Balaban J connectivity index is 1.50. The van der Waals surface area contributed by atoms with Gasteiger partial charge in [0.05, 0.1) is 31.1 Å². The zero-order valence-electron chi connectivity index (χ0n) is 11.2. The molecule has 1 aliphatic heterocycles. The molecule has 2 aliphatic rings. The predicted octanol–water partition coefficient (Wildman–Crippen LogP) is 0.328. The van der Waals surface area contributed by atoms with Crippen molar-refractivity contribution in [3.63, 3.8) is 0 Å². The summed E-state index contributed by atoms with van der Waals surface area (Å²) in [5.41, 5.74) is 0.960. The molecule has 1 saturated heterocycles. The van der Waals surface area contributed by atoms with Crippen LogP contribution in [0.25, 0.3) is 0 Å². The van der Waals surface area contributed by atoms with Crippen LogP contribution in [0.15, 0.2) is 12.3 Å². The Morgan fingerprint density at radius 1 is 1.58 bits per heavy atom. The van der Waals surface area contributed by atoms with E-state index in [2.05, 4.69) is 5.10 Å². The van der Waals surface area contributed by atoms with Gasteiger partial charge in [0, 0.05) is 19.8 Å². The Kier molecular flexibility index (Phi) is 3.28. The molecular formula is C13H19N3O3. The first-order chi connectivity index (χ1) is 9.21. The molecule has 0 atom stereocenters. The molecule has 1 amide bonds. The summed E-state index contributed by atoms with van der Waals surface area (Å²) in [6.07, 6.45) is 3.84. The normalized spacial score (nSPS) is 20.8. The first-order valence-corrected chi connectivity index (χ1v) is 6.64. The molecule has 1 spiro atoms. The summed E-state index contributed by atoms with van der Waals surface area (Å²) >= 11 is 0.